The van der Waals surface area contributed by atoms with Crippen molar-refractivity contribution in [3.8, 4) is 17.1 Å². The standard InChI is InChI=1S/C23H24N8O2/c1-33-20-11-16(6-9-26-20)23(32)29-17-3-2-10-30(13-17)19-12-18(15-4-7-25-8-5-15)31-21(19)22(24)27-14-28-31/h4-9,11-12,14,17H,2-3,10,13H2,1H3,(H,29,32)(H2,24,27,28)/t17-/m1/s1. The third-order valence-corrected chi connectivity index (χ3v) is 5.84. The minimum atomic E-state index is -0.149. The van der Waals surface area contributed by atoms with Crippen LogP contribution < -0.4 is 20.7 Å². The van der Waals surface area contributed by atoms with Gasteiger partial charge in [-0.1, -0.05) is 0 Å². The maximum Gasteiger partial charge on any atom is 0.251 e. The van der Waals surface area contributed by atoms with Crippen molar-refractivity contribution >= 4 is 22.9 Å². The highest BCUT2D eigenvalue weighted by molar-refractivity contribution is 5.94. The first-order valence-corrected chi connectivity index (χ1v) is 10.7. The molecule has 4 aromatic rings. The summed E-state index contributed by atoms with van der Waals surface area (Å²) in [7, 11) is 1.53. The summed E-state index contributed by atoms with van der Waals surface area (Å²) in [4.78, 5) is 27.4. The molecule has 0 bridgehead atoms. The van der Waals surface area contributed by atoms with Gasteiger partial charge in [0.05, 0.1) is 18.5 Å². The number of carbonyl (C=O) groups is 1. The van der Waals surface area contributed by atoms with Crippen molar-refractivity contribution in [2.24, 2.45) is 0 Å². The van der Waals surface area contributed by atoms with Crippen LogP contribution in [0.4, 0.5) is 11.5 Å². The number of rotatable bonds is 5. The van der Waals surface area contributed by atoms with E-state index in [0.717, 1.165) is 41.8 Å². The predicted octanol–water partition coefficient (Wildman–Crippen LogP) is 2.18. The van der Waals surface area contributed by atoms with E-state index in [1.165, 1.54) is 13.4 Å². The number of carbonyl (C=O) groups excluding carboxylic acids is 1. The molecule has 0 spiro atoms. The Morgan fingerprint density at radius 1 is 1.18 bits per heavy atom. The van der Waals surface area contributed by atoms with Gasteiger partial charge in [-0.2, -0.15) is 5.10 Å². The second-order valence-electron chi connectivity index (χ2n) is 7.90. The van der Waals surface area contributed by atoms with Gasteiger partial charge in [0, 0.05) is 54.9 Å². The average molecular weight is 444 g/mol. The van der Waals surface area contributed by atoms with Crippen LogP contribution in [0, 0.1) is 0 Å². The van der Waals surface area contributed by atoms with Crippen LogP contribution in [0.2, 0.25) is 0 Å². The van der Waals surface area contributed by atoms with Crippen LogP contribution in [-0.2, 0) is 0 Å². The molecule has 168 valence electrons. The maximum atomic E-state index is 12.8. The number of methoxy groups -OCH3 is 1. The molecule has 0 unspecified atom stereocenters. The lowest BCUT2D eigenvalue weighted by molar-refractivity contribution is 0.0932. The Morgan fingerprint density at radius 3 is 2.85 bits per heavy atom. The summed E-state index contributed by atoms with van der Waals surface area (Å²) in [6.45, 7) is 1.50. The zero-order valence-electron chi connectivity index (χ0n) is 18.2. The van der Waals surface area contributed by atoms with E-state index in [1.807, 2.05) is 16.6 Å². The van der Waals surface area contributed by atoms with Crippen molar-refractivity contribution in [3.63, 3.8) is 0 Å². The van der Waals surface area contributed by atoms with Crippen LogP contribution in [0.25, 0.3) is 16.8 Å². The maximum absolute atomic E-state index is 12.8. The highest BCUT2D eigenvalue weighted by atomic mass is 16.5. The molecule has 1 saturated heterocycles. The van der Waals surface area contributed by atoms with Gasteiger partial charge in [-0.05, 0) is 37.1 Å². The summed E-state index contributed by atoms with van der Waals surface area (Å²) < 4.78 is 6.95. The molecule has 1 atom stereocenters. The molecule has 0 aliphatic carbocycles. The smallest absolute Gasteiger partial charge is 0.251 e. The molecule has 3 N–H and O–H groups in total. The quantitative estimate of drug-likeness (QED) is 0.480. The number of pyridine rings is 2. The normalized spacial score (nSPS) is 16.0. The molecule has 5 heterocycles. The average Bonchev–Trinajstić information content (AvgIpc) is 3.26. The fraction of sp³-hybridized carbons (Fsp3) is 0.261. The van der Waals surface area contributed by atoms with Crippen molar-refractivity contribution < 1.29 is 9.53 Å². The van der Waals surface area contributed by atoms with Gasteiger partial charge in [-0.25, -0.2) is 14.5 Å². The van der Waals surface area contributed by atoms with E-state index in [1.54, 1.807) is 30.7 Å². The summed E-state index contributed by atoms with van der Waals surface area (Å²) >= 11 is 0. The molecule has 33 heavy (non-hydrogen) atoms. The summed E-state index contributed by atoms with van der Waals surface area (Å²) in [5.74, 6) is 0.673. The second-order valence-corrected chi connectivity index (χ2v) is 7.90. The number of ether oxygens (including phenoxy) is 1. The summed E-state index contributed by atoms with van der Waals surface area (Å²) in [5.41, 5.74) is 10.4. The number of amides is 1. The van der Waals surface area contributed by atoms with Crippen molar-refractivity contribution in [1.82, 2.24) is 29.9 Å². The molecule has 1 amide bonds. The number of nitrogens with zero attached hydrogens (tertiary/aromatic N) is 6. The van der Waals surface area contributed by atoms with Crippen LogP contribution in [0.5, 0.6) is 5.88 Å². The van der Waals surface area contributed by atoms with Gasteiger partial charge in [0.1, 0.15) is 11.8 Å². The Bertz CT molecular complexity index is 1290. The zero-order valence-corrected chi connectivity index (χ0v) is 18.2. The Morgan fingerprint density at radius 2 is 2.03 bits per heavy atom. The first-order valence-electron chi connectivity index (χ1n) is 10.7. The molecular weight excluding hydrogens is 420 g/mol. The largest absolute Gasteiger partial charge is 0.481 e. The lowest BCUT2D eigenvalue weighted by Gasteiger charge is -2.34. The fourth-order valence-corrected chi connectivity index (χ4v) is 4.26. The molecule has 1 aliphatic heterocycles. The number of hydrogen-bond donors (Lipinski definition) is 2. The van der Waals surface area contributed by atoms with Gasteiger partial charge in [0.2, 0.25) is 5.88 Å². The number of fused-ring (bicyclic) bond motifs is 1. The van der Waals surface area contributed by atoms with Crippen molar-refractivity contribution in [1.29, 1.82) is 0 Å². The van der Waals surface area contributed by atoms with Gasteiger partial charge in [0.15, 0.2) is 5.82 Å². The highest BCUT2D eigenvalue weighted by Gasteiger charge is 2.26. The van der Waals surface area contributed by atoms with Crippen molar-refractivity contribution in [2.75, 3.05) is 30.8 Å². The minimum Gasteiger partial charge on any atom is -0.481 e. The van der Waals surface area contributed by atoms with E-state index in [-0.39, 0.29) is 11.9 Å². The van der Waals surface area contributed by atoms with Gasteiger partial charge in [-0.3, -0.25) is 9.78 Å². The first kappa shape index (κ1) is 20.7. The van der Waals surface area contributed by atoms with Gasteiger partial charge in [-0.15, -0.1) is 0 Å². The molecule has 10 heteroatoms. The molecule has 0 aromatic carbocycles. The predicted molar refractivity (Wildman–Crippen MR) is 124 cm³/mol. The Labute approximate surface area is 190 Å². The number of nitrogens with two attached hydrogens (primary N) is 1. The SMILES string of the molecule is COc1cc(C(=O)N[C@@H]2CCCN(c3cc(-c4ccncc4)n4ncnc(N)c34)C2)ccn1. The summed E-state index contributed by atoms with van der Waals surface area (Å²) in [5, 5.41) is 7.59. The van der Waals surface area contributed by atoms with Crippen LogP contribution in [0.15, 0.2) is 55.2 Å². The molecule has 1 fully saturated rings. The highest BCUT2D eigenvalue weighted by Crippen LogP contribution is 2.34. The van der Waals surface area contributed by atoms with Crippen molar-refractivity contribution in [2.45, 2.75) is 18.9 Å². The molecule has 0 saturated carbocycles. The van der Waals surface area contributed by atoms with Crippen LogP contribution in [0.1, 0.15) is 23.2 Å². The first-order chi connectivity index (χ1) is 16.1. The number of piperidine rings is 1. The lowest BCUT2D eigenvalue weighted by Crippen LogP contribution is -2.47. The molecule has 4 aromatic heterocycles. The van der Waals surface area contributed by atoms with E-state index in [2.05, 4.69) is 36.3 Å². The third kappa shape index (κ3) is 4.02. The van der Waals surface area contributed by atoms with E-state index in [0.29, 0.717) is 23.8 Å². The van der Waals surface area contributed by atoms with E-state index < -0.39 is 0 Å². The Balaban J connectivity index is 1.43. The molecular formula is C23H24N8O2. The van der Waals surface area contributed by atoms with Crippen molar-refractivity contribution in [3.05, 3.63) is 60.8 Å². The Kier molecular flexibility index (Phi) is 5.47. The monoisotopic (exact) mass is 444 g/mol. The zero-order chi connectivity index (χ0) is 22.8. The topological polar surface area (TPSA) is 124 Å². The van der Waals surface area contributed by atoms with E-state index >= 15 is 0 Å². The number of nitrogens with one attached hydrogen (secondary N) is 1. The second kappa shape index (κ2) is 8.73. The number of aromatic nitrogens is 5. The van der Waals surface area contributed by atoms with Gasteiger partial charge < -0.3 is 20.7 Å². The molecule has 10 nitrogen and oxygen atoms in total. The molecule has 0 radical (unpaired) electrons. The summed E-state index contributed by atoms with van der Waals surface area (Å²) in [6.07, 6.45) is 8.34. The lowest BCUT2D eigenvalue weighted by atomic mass is 10.0. The number of anilines is 2. The Hall–Kier alpha value is -4.21. The third-order valence-electron chi connectivity index (χ3n) is 5.84. The summed E-state index contributed by atoms with van der Waals surface area (Å²) in [6, 6.07) is 9.25. The van der Waals surface area contributed by atoms with Crippen LogP contribution >= 0.6 is 0 Å². The molecule has 5 rings (SSSR count). The van der Waals surface area contributed by atoms with Gasteiger partial charge >= 0.3 is 0 Å². The fourth-order valence-electron chi connectivity index (χ4n) is 4.26. The van der Waals surface area contributed by atoms with Crippen LogP contribution in [-0.4, -0.2) is 56.7 Å². The van der Waals surface area contributed by atoms with E-state index in [9.17, 15) is 4.79 Å². The van der Waals surface area contributed by atoms with E-state index in [4.69, 9.17) is 10.5 Å². The molecule has 1 aliphatic rings. The minimum absolute atomic E-state index is 0.0180. The van der Waals surface area contributed by atoms with Gasteiger partial charge in [0.25, 0.3) is 5.91 Å². The van der Waals surface area contributed by atoms with Crippen LogP contribution in [0.3, 0.4) is 0 Å². The number of hydrogen-bond acceptors (Lipinski definition) is 8. The number of nitrogen functional groups attached to an aromatic ring is 1.